The number of carbonyl (C=O) groups is 1. The Balaban J connectivity index is 0.00000220. The molecule has 2 rings (SSSR count). The summed E-state index contributed by atoms with van der Waals surface area (Å²) < 4.78 is 0. The lowest BCUT2D eigenvalue weighted by molar-refractivity contribution is -0.121. The molecule has 2 saturated heterocycles. The Labute approximate surface area is 148 Å². The lowest BCUT2D eigenvalue weighted by atomic mass is 10.0. The number of piperidine rings is 1. The van der Waals surface area contributed by atoms with Crippen molar-refractivity contribution < 1.29 is 4.79 Å². The predicted octanol–water partition coefficient (Wildman–Crippen LogP) is 2.60. The molecule has 22 heavy (non-hydrogen) atoms. The Morgan fingerprint density at radius 2 is 2.05 bits per heavy atom. The van der Waals surface area contributed by atoms with Crippen molar-refractivity contribution in [3.63, 3.8) is 0 Å². The van der Waals surface area contributed by atoms with E-state index in [1.54, 1.807) is 0 Å². The number of hydrogen-bond acceptors (Lipinski definition) is 3. The number of nitrogens with one attached hydrogen (secondary N) is 2. The summed E-state index contributed by atoms with van der Waals surface area (Å²) >= 11 is 0. The molecule has 0 saturated carbocycles. The molecule has 0 spiro atoms. The van der Waals surface area contributed by atoms with Crippen molar-refractivity contribution >= 4 is 30.7 Å². The van der Waals surface area contributed by atoms with Crippen LogP contribution in [0, 0.1) is 5.92 Å². The minimum absolute atomic E-state index is 0. The highest BCUT2D eigenvalue weighted by Gasteiger charge is 2.17. The number of nitrogens with zero attached hydrogens (tertiary/aromatic N) is 1. The molecule has 2 fully saturated rings. The molecule has 2 heterocycles. The first-order valence-corrected chi connectivity index (χ1v) is 8.46. The molecule has 2 aliphatic heterocycles. The largest absolute Gasteiger partial charge is 0.356 e. The van der Waals surface area contributed by atoms with Gasteiger partial charge >= 0.3 is 0 Å². The summed E-state index contributed by atoms with van der Waals surface area (Å²) in [6.07, 6.45) is 8.08. The van der Waals surface area contributed by atoms with Gasteiger partial charge in [-0.05, 0) is 64.1 Å². The summed E-state index contributed by atoms with van der Waals surface area (Å²) in [5.41, 5.74) is 0. The number of rotatable bonds is 7. The molecule has 6 heteroatoms. The summed E-state index contributed by atoms with van der Waals surface area (Å²) in [4.78, 5) is 14.3. The van der Waals surface area contributed by atoms with Gasteiger partial charge in [0.15, 0.2) is 0 Å². The molecule has 132 valence electrons. The van der Waals surface area contributed by atoms with Gasteiger partial charge in [-0.15, -0.1) is 24.8 Å². The van der Waals surface area contributed by atoms with Gasteiger partial charge < -0.3 is 15.5 Å². The standard InChI is InChI=1S/C16H31N3O.2ClH/c1-14-6-5-11-19(13-14)10-3-2-8-18-16(20)12-15-7-4-9-17-15;;/h14-15,17H,2-13H2,1H3,(H,18,20);2*1H. The highest BCUT2D eigenvalue weighted by molar-refractivity contribution is 5.85. The maximum atomic E-state index is 11.7. The third-order valence-corrected chi connectivity index (χ3v) is 4.56. The van der Waals surface area contributed by atoms with E-state index in [0.717, 1.165) is 31.8 Å². The van der Waals surface area contributed by atoms with E-state index in [4.69, 9.17) is 0 Å². The second-order valence-electron chi connectivity index (χ2n) is 6.60. The fraction of sp³-hybridized carbons (Fsp3) is 0.938. The Bertz CT molecular complexity index is 299. The van der Waals surface area contributed by atoms with Gasteiger partial charge in [0.2, 0.25) is 5.91 Å². The molecule has 2 atom stereocenters. The monoisotopic (exact) mass is 353 g/mol. The lowest BCUT2D eigenvalue weighted by Gasteiger charge is -2.30. The van der Waals surface area contributed by atoms with Gasteiger partial charge in [0.25, 0.3) is 0 Å². The zero-order chi connectivity index (χ0) is 14.2. The summed E-state index contributed by atoms with van der Waals surface area (Å²) in [5, 5.41) is 6.43. The quantitative estimate of drug-likeness (QED) is 0.691. The fourth-order valence-corrected chi connectivity index (χ4v) is 3.40. The van der Waals surface area contributed by atoms with Crippen molar-refractivity contribution in [2.75, 3.05) is 32.7 Å². The first-order chi connectivity index (χ1) is 9.74. The van der Waals surface area contributed by atoms with Gasteiger partial charge in [-0.25, -0.2) is 0 Å². The number of halogens is 2. The van der Waals surface area contributed by atoms with E-state index in [0.29, 0.717) is 12.5 Å². The van der Waals surface area contributed by atoms with E-state index in [1.165, 1.54) is 45.3 Å². The van der Waals surface area contributed by atoms with Crippen LogP contribution in [0.2, 0.25) is 0 Å². The van der Waals surface area contributed by atoms with Crippen LogP contribution in [0.1, 0.15) is 51.9 Å². The second-order valence-corrected chi connectivity index (χ2v) is 6.60. The zero-order valence-corrected chi connectivity index (χ0v) is 15.4. The Morgan fingerprint density at radius 3 is 2.73 bits per heavy atom. The molecule has 0 bridgehead atoms. The van der Waals surface area contributed by atoms with Crippen LogP contribution in [0.5, 0.6) is 0 Å². The van der Waals surface area contributed by atoms with Crippen molar-refractivity contribution in [1.29, 1.82) is 0 Å². The van der Waals surface area contributed by atoms with E-state index < -0.39 is 0 Å². The SMILES string of the molecule is CC1CCCN(CCCCNC(=O)CC2CCCN2)C1.Cl.Cl. The van der Waals surface area contributed by atoms with Crippen LogP contribution < -0.4 is 10.6 Å². The summed E-state index contributed by atoms with van der Waals surface area (Å²) in [7, 11) is 0. The average Bonchev–Trinajstić information content (AvgIpc) is 2.91. The molecule has 0 aliphatic carbocycles. The summed E-state index contributed by atoms with van der Waals surface area (Å²) in [5.74, 6) is 1.08. The highest BCUT2D eigenvalue weighted by atomic mass is 35.5. The van der Waals surface area contributed by atoms with Crippen molar-refractivity contribution in [1.82, 2.24) is 15.5 Å². The Kier molecular flexibility index (Phi) is 12.4. The molecular weight excluding hydrogens is 321 g/mol. The summed E-state index contributed by atoms with van der Waals surface area (Å²) in [6, 6.07) is 0.421. The third-order valence-electron chi connectivity index (χ3n) is 4.56. The van der Waals surface area contributed by atoms with Crippen molar-refractivity contribution in [3.8, 4) is 0 Å². The molecule has 2 aliphatic rings. The smallest absolute Gasteiger partial charge is 0.221 e. The van der Waals surface area contributed by atoms with Crippen LogP contribution in [0.4, 0.5) is 0 Å². The molecule has 0 aromatic heterocycles. The van der Waals surface area contributed by atoms with Gasteiger partial charge in [-0.3, -0.25) is 4.79 Å². The molecular formula is C16H33Cl2N3O. The minimum Gasteiger partial charge on any atom is -0.356 e. The van der Waals surface area contributed by atoms with E-state index >= 15 is 0 Å². The van der Waals surface area contributed by atoms with Gasteiger partial charge in [-0.2, -0.15) is 0 Å². The van der Waals surface area contributed by atoms with Gasteiger partial charge in [0.05, 0.1) is 0 Å². The molecule has 0 aromatic carbocycles. The molecule has 4 nitrogen and oxygen atoms in total. The first-order valence-electron chi connectivity index (χ1n) is 8.46. The molecule has 2 N–H and O–H groups in total. The topological polar surface area (TPSA) is 44.4 Å². The third kappa shape index (κ3) is 8.56. The van der Waals surface area contributed by atoms with Crippen LogP contribution >= 0.6 is 24.8 Å². The normalized spacial score (nSPS) is 25.1. The lowest BCUT2D eigenvalue weighted by Crippen LogP contribution is -2.35. The predicted molar refractivity (Wildman–Crippen MR) is 97.2 cm³/mol. The highest BCUT2D eigenvalue weighted by Crippen LogP contribution is 2.15. The Hall–Kier alpha value is -0.0300. The van der Waals surface area contributed by atoms with Crippen LogP contribution in [-0.2, 0) is 4.79 Å². The van der Waals surface area contributed by atoms with Crippen LogP contribution in [-0.4, -0.2) is 49.6 Å². The van der Waals surface area contributed by atoms with E-state index in [1.807, 2.05) is 0 Å². The number of likely N-dealkylation sites (tertiary alicyclic amines) is 1. The van der Waals surface area contributed by atoms with Crippen molar-refractivity contribution in [2.24, 2.45) is 5.92 Å². The van der Waals surface area contributed by atoms with E-state index in [9.17, 15) is 4.79 Å². The van der Waals surface area contributed by atoms with Crippen molar-refractivity contribution in [3.05, 3.63) is 0 Å². The first kappa shape index (κ1) is 22.0. The average molecular weight is 354 g/mol. The van der Waals surface area contributed by atoms with E-state index in [2.05, 4.69) is 22.5 Å². The number of hydrogen-bond donors (Lipinski definition) is 2. The zero-order valence-electron chi connectivity index (χ0n) is 13.8. The van der Waals surface area contributed by atoms with Crippen molar-refractivity contribution in [2.45, 2.75) is 57.9 Å². The second kappa shape index (κ2) is 12.4. The maximum absolute atomic E-state index is 11.7. The van der Waals surface area contributed by atoms with Crippen LogP contribution in [0.25, 0.3) is 0 Å². The summed E-state index contributed by atoms with van der Waals surface area (Å²) in [6.45, 7) is 8.00. The molecule has 1 amide bonds. The Morgan fingerprint density at radius 1 is 1.23 bits per heavy atom. The van der Waals surface area contributed by atoms with Gasteiger partial charge in [0.1, 0.15) is 0 Å². The number of unbranched alkanes of at least 4 members (excludes halogenated alkanes) is 1. The minimum atomic E-state index is 0. The molecule has 2 unspecified atom stereocenters. The van der Waals surface area contributed by atoms with Gasteiger partial charge in [0, 0.05) is 25.6 Å². The number of carbonyl (C=O) groups excluding carboxylic acids is 1. The molecule has 0 radical (unpaired) electrons. The van der Waals surface area contributed by atoms with E-state index in [-0.39, 0.29) is 30.7 Å². The van der Waals surface area contributed by atoms with Crippen LogP contribution in [0.15, 0.2) is 0 Å². The number of amides is 1. The maximum Gasteiger partial charge on any atom is 0.221 e. The van der Waals surface area contributed by atoms with Gasteiger partial charge in [-0.1, -0.05) is 6.92 Å². The molecule has 0 aromatic rings. The van der Waals surface area contributed by atoms with Crippen LogP contribution in [0.3, 0.4) is 0 Å². The fourth-order valence-electron chi connectivity index (χ4n) is 3.40.